The third-order valence-corrected chi connectivity index (χ3v) is 2.23. The van der Waals surface area contributed by atoms with E-state index in [0.29, 0.717) is 18.2 Å². The molecule has 1 aliphatic heterocycles. The van der Waals surface area contributed by atoms with Gasteiger partial charge in [-0.25, -0.2) is 0 Å². The average Bonchev–Trinajstić information content (AvgIpc) is 1.98. The number of hydrogen-bond donors (Lipinski definition) is 1. The van der Waals surface area contributed by atoms with Crippen LogP contribution in [0, 0.1) is 11.3 Å². The van der Waals surface area contributed by atoms with Crippen molar-refractivity contribution in [2.75, 3.05) is 0 Å². The zero-order chi connectivity index (χ0) is 10.2. The molecule has 2 amide bonds. The fourth-order valence-corrected chi connectivity index (χ4v) is 1.45. The lowest BCUT2D eigenvalue weighted by molar-refractivity contribution is -0.139. The molecule has 1 N–H and O–H groups in total. The van der Waals surface area contributed by atoms with Gasteiger partial charge in [0.1, 0.15) is 0 Å². The van der Waals surface area contributed by atoms with Crippen LogP contribution in [0.3, 0.4) is 0 Å². The zero-order valence-electron chi connectivity index (χ0n) is 8.76. The lowest BCUT2D eigenvalue weighted by Gasteiger charge is -2.31. The summed E-state index contributed by atoms with van der Waals surface area (Å²) >= 11 is 0. The van der Waals surface area contributed by atoms with Crippen molar-refractivity contribution >= 4 is 11.8 Å². The third-order valence-electron chi connectivity index (χ3n) is 2.23. The molecule has 0 aromatic carbocycles. The summed E-state index contributed by atoms with van der Waals surface area (Å²) in [4.78, 5) is 22.5. The van der Waals surface area contributed by atoms with E-state index in [1.165, 1.54) is 0 Å². The van der Waals surface area contributed by atoms with Crippen molar-refractivity contribution in [2.45, 2.75) is 33.6 Å². The van der Waals surface area contributed by atoms with E-state index >= 15 is 0 Å². The molecule has 1 aliphatic rings. The Morgan fingerprint density at radius 2 is 2.08 bits per heavy atom. The molecule has 1 fully saturated rings. The summed E-state index contributed by atoms with van der Waals surface area (Å²) in [7, 11) is 0. The Hall–Kier alpha value is -0.860. The second-order valence-electron chi connectivity index (χ2n) is 4.30. The molecule has 1 unspecified atom stereocenters. The molecule has 1 saturated heterocycles. The Bertz CT molecular complexity index is 244. The normalized spacial score (nSPS) is 27.4. The van der Waals surface area contributed by atoms with Gasteiger partial charge in [0.25, 0.3) is 0 Å². The number of carbonyl (C=O) groups excluding carboxylic acids is 2. The fourth-order valence-electron chi connectivity index (χ4n) is 1.45. The molecular weight excluding hydrogens is 154 g/mol. The van der Waals surface area contributed by atoms with Crippen molar-refractivity contribution < 1.29 is 11.0 Å². The highest BCUT2D eigenvalue weighted by molar-refractivity contribution is 5.98. The van der Waals surface area contributed by atoms with Gasteiger partial charge in [0.15, 0.2) is 1.41 Å². The smallest absolute Gasteiger partial charge is 0.230 e. The topological polar surface area (TPSA) is 46.2 Å². The summed E-state index contributed by atoms with van der Waals surface area (Å²) in [5.74, 6) is -0.933. The van der Waals surface area contributed by atoms with Crippen LogP contribution in [0.15, 0.2) is 0 Å². The number of piperidine rings is 1. The Balaban J connectivity index is 2.82. The average molecular weight is 170 g/mol. The van der Waals surface area contributed by atoms with Gasteiger partial charge in [-0.2, -0.15) is 0 Å². The molecule has 0 aliphatic carbocycles. The lowest BCUT2D eigenvalue weighted by Crippen LogP contribution is -2.45. The number of hydrogen-bond acceptors (Lipinski definition) is 2. The predicted molar refractivity (Wildman–Crippen MR) is 45.3 cm³/mol. The summed E-state index contributed by atoms with van der Waals surface area (Å²) in [6.45, 7) is 5.87. The highest BCUT2D eigenvalue weighted by Crippen LogP contribution is 2.31. The van der Waals surface area contributed by atoms with Gasteiger partial charge < -0.3 is 0 Å². The van der Waals surface area contributed by atoms with Gasteiger partial charge in [-0.15, -0.1) is 0 Å². The molecule has 3 heteroatoms. The second-order valence-corrected chi connectivity index (χ2v) is 4.30. The minimum Gasteiger partial charge on any atom is -0.296 e. The summed E-state index contributed by atoms with van der Waals surface area (Å²) < 4.78 is 7.23. The predicted octanol–water partition coefficient (Wildman–Crippen LogP) is 1.09. The van der Waals surface area contributed by atoms with Crippen molar-refractivity contribution in [3.05, 3.63) is 0 Å². The summed E-state index contributed by atoms with van der Waals surface area (Å²) in [5, 5.41) is 0.513. The molecule has 0 radical (unpaired) electrons. The minimum atomic E-state index is -0.384. The van der Waals surface area contributed by atoms with Crippen LogP contribution >= 0.6 is 0 Å². The first kappa shape index (κ1) is 7.77. The lowest BCUT2D eigenvalue weighted by atomic mass is 9.76. The summed E-state index contributed by atoms with van der Waals surface area (Å²) in [6.07, 6.45) is 0.897. The quantitative estimate of drug-likeness (QED) is 0.553. The van der Waals surface area contributed by atoms with Crippen LogP contribution in [0.2, 0.25) is 1.41 Å². The SMILES string of the molecule is [2H]N1C(=O)CCC(C(C)(C)C)C1=O. The van der Waals surface area contributed by atoms with Crippen LogP contribution in [0.25, 0.3) is 0 Å². The van der Waals surface area contributed by atoms with E-state index in [-0.39, 0.29) is 23.1 Å². The van der Waals surface area contributed by atoms with E-state index in [0.717, 1.165) is 0 Å². The highest BCUT2D eigenvalue weighted by atomic mass is 16.2. The van der Waals surface area contributed by atoms with Crippen molar-refractivity contribution in [3.63, 3.8) is 0 Å². The van der Waals surface area contributed by atoms with E-state index in [1.54, 1.807) is 0 Å². The third kappa shape index (κ3) is 1.84. The maximum atomic E-state index is 11.5. The second kappa shape index (κ2) is 2.88. The van der Waals surface area contributed by atoms with Gasteiger partial charge in [-0.05, 0) is 11.8 Å². The van der Waals surface area contributed by atoms with E-state index in [1.807, 2.05) is 20.8 Å². The zero-order valence-corrected chi connectivity index (χ0v) is 7.76. The van der Waals surface area contributed by atoms with E-state index < -0.39 is 0 Å². The number of imide groups is 1. The Labute approximate surface area is 74.0 Å². The molecular formula is C9H15NO2. The van der Waals surface area contributed by atoms with E-state index in [9.17, 15) is 9.59 Å². The summed E-state index contributed by atoms with van der Waals surface area (Å²) in [6, 6.07) is 0. The fraction of sp³-hybridized carbons (Fsp3) is 0.778. The van der Waals surface area contributed by atoms with Crippen LogP contribution in [-0.4, -0.2) is 11.8 Å². The number of rotatable bonds is 0. The van der Waals surface area contributed by atoms with Crippen molar-refractivity contribution in [1.29, 1.82) is 0 Å². The molecule has 1 rings (SSSR count). The molecule has 0 bridgehead atoms. The first-order chi connectivity index (χ1) is 5.84. The minimum absolute atomic E-state index is 0.156. The standard InChI is InChI=1S/C9H15NO2/c1-9(2,3)6-4-5-7(11)10-8(6)12/h6H,4-5H2,1-3H3,(H,10,11,12)/i/hD. The van der Waals surface area contributed by atoms with E-state index in [4.69, 9.17) is 1.41 Å². The van der Waals surface area contributed by atoms with Crippen molar-refractivity contribution in [2.24, 2.45) is 11.3 Å². The van der Waals surface area contributed by atoms with Gasteiger partial charge in [-0.1, -0.05) is 20.8 Å². The van der Waals surface area contributed by atoms with Crippen LogP contribution in [0.4, 0.5) is 0 Å². The molecule has 1 heterocycles. The van der Waals surface area contributed by atoms with Gasteiger partial charge in [0, 0.05) is 12.3 Å². The number of carbonyl (C=O) groups is 2. The Kier molecular flexibility index (Phi) is 1.87. The highest BCUT2D eigenvalue weighted by Gasteiger charge is 2.35. The van der Waals surface area contributed by atoms with Crippen molar-refractivity contribution in [1.82, 2.24) is 5.31 Å². The Morgan fingerprint density at radius 3 is 2.58 bits per heavy atom. The maximum Gasteiger partial charge on any atom is 0.230 e. The Morgan fingerprint density at radius 1 is 1.50 bits per heavy atom. The molecule has 0 saturated carbocycles. The molecule has 1 atom stereocenters. The van der Waals surface area contributed by atoms with Crippen LogP contribution in [0.5, 0.6) is 0 Å². The molecule has 68 valence electrons. The number of amides is 2. The van der Waals surface area contributed by atoms with E-state index in [2.05, 4.69) is 0 Å². The van der Waals surface area contributed by atoms with Crippen LogP contribution in [0.1, 0.15) is 33.6 Å². The monoisotopic (exact) mass is 170 g/mol. The molecule has 12 heavy (non-hydrogen) atoms. The van der Waals surface area contributed by atoms with Crippen LogP contribution < -0.4 is 5.31 Å². The van der Waals surface area contributed by atoms with Crippen LogP contribution in [-0.2, 0) is 9.59 Å². The first-order valence-electron chi connectivity index (χ1n) is 4.64. The summed E-state index contributed by atoms with van der Waals surface area (Å²) in [5.41, 5.74) is -0.156. The van der Waals surface area contributed by atoms with Gasteiger partial charge in [0.05, 0.1) is 0 Å². The molecule has 0 spiro atoms. The largest absolute Gasteiger partial charge is 0.296 e. The van der Waals surface area contributed by atoms with Gasteiger partial charge in [-0.3, -0.25) is 14.9 Å². The van der Waals surface area contributed by atoms with Crippen molar-refractivity contribution in [3.8, 4) is 0 Å². The molecule has 0 aromatic heterocycles. The van der Waals surface area contributed by atoms with Gasteiger partial charge in [0.2, 0.25) is 11.8 Å². The van der Waals surface area contributed by atoms with Gasteiger partial charge >= 0.3 is 0 Å². The maximum absolute atomic E-state index is 11.5. The molecule has 3 nitrogen and oxygen atoms in total. The first-order valence-corrected chi connectivity index (χ1v) is 4.19. The molecule has 0 aromatic rings. The number of nitrogens with one attached hydrogen (secondary N) is 1.